The SMILES string of the molecule is CCC1CN(C2CCNCC2)CCC1O. The van der Waals surface area contributed by atoms with Gasteiger partial charge in [0.15, 0.2) is 0 Å². The van der Waals surface area contributed by atoms with E-state index in [1.54, 1.807) is 0 Å². The molecule has 88 valence electrons. The van der Waals surface area contributed by atoms with Crippen molar-refractivity contribution in [2.75, 3.05) is 26.2 Å². The second-order valence-corrected chi connectivity index (χ2v) is 5.00. The van der Waals surface area contributed by atoms with Crippen LogP contribution in [-0.2, 0) is 0 Å². The fourth-order valence-electron chi connectivity index (χ4n) is 2.95. The van der Waals surface area contributed by atoms with E-state index in [1.165, 1.54) is 25.9 Å². The summed E-state index contributed by atoms with van der Waals surface area (Å²) in [5.41, 5.74) is 0. The third kappa shape index (κ3) is 2.71. The fraction of sp³-hybridized carbons (Fsp3) is 1.00. The molecule has 0 aromatic heterocycles. The van der Waals surface area contributed by atoms with Crippen molar-refractivity contribution in [1.29, 1.82) is 0 Å². The molecule has 0 aliphatic carbocycles. The molecular weight excluding hydrogens is 188 g/mol. The first-order valence-electron chi connectivity index (χ1n) is 6.44. The Hall–Kier alpha value is -0.120. The first-order valence-corrected chi connectivity index (χ1v) is 6.44. The summed E-state index contributed by atoms with van der Waals surface area (Å²) in [4.78, 5) is 2.61. The molecule has 2 aliphatic rings. The highest BCUT2D eigenvalue weighted by atomic mass is 16.3. The molecule has 2 rings (SSSR count). The molecule has 2 fully saturated rings. The Kier molecular flexibility index (Phi) is 4.00. The van der Waals surface area contributed by atoms with Crippen LogP contribution in [0, 0.1) is 5.92 Å². The lowest BCUT2D eigenvalue weighted by molar-refractivity contribution is 0.00278. The zero-order valence-corrected chi connectivity index (χ0v) is 9.78. The van der Waals surface area contributed by atoms with E-state index >= 15 is 0 Å². The van der Waals surface area contributed by atoms with E-state index in [0.717, 1.165) is 32.0 Å². The molecule has 0 aromatic carbocycles. The molecule has 0 aromatic rings. The van der Waals surface area contributed by atoms with Gasteiger partial charge in [0.05, 0.1) is 6.10 Å². The third-order valence-electron chi connectivity index (χ3n) is 4.07. The lowest BCUT2D eigenvalue weighted by atomic mass is 9.90. The van der Waals surface area contributed by atoms with Gasteiger partial charge in [-0.2, -0.15) is 0 Å². The van der Waals surface area contributed by atoms with Crippen molar-refractivity contribution < 1.29 is 5.11 Å². The lowest BCUT2D eigenvalue weighted by Gasteiger charge is -2.42. The van der Waals surface area contributed by atoms with Crippen LogP contribution in [0.1, 0.15) is 32.6 Å². The highest BCUT2D eigenvalue weighted by Gasteiger charge is 2.30. The summed E-state index contributed by atoms with van der Waals surface area (Å²) in [6, 6.07) is 0.771. The molecule has 2 heterocycles. The highest BCUT2D eigenvalue weighted by Crippen LogP contribution is 2.24. The third-order valence-corrected chi connectivity index (χ3v) is 4.07. The minimum Gasteiger partial charge on any atom is -0.393 e. The van der Waals surface area contributed by atoms with Gasteiger partial charge < -0.3 is 10.4 Å². The summed E-state index contributed by atoms with van der Waals surface area (Å²) < 4.78 is 0. The second kappa shape index (κ2) is 5.28. The number of rotatable bonds is 2. The van der Waals surface area contributed by atoms with Crippen LogP contribution in [0.2, 0.25) is 0 Å². The summed E-state index contributed by atoms with van der Waals surface area (Å²) in [7, 11) is 0. The van der Waals surface area contributed by atoms with Crippen LogP contribution in [-0.4, -0.2) is 48.3 Å². The van der Waals surface area contributed by atoms with Gasteiger partial charge in [-0.05, 0) is 44.7 Å². The molecule has 2 aliphatic heterocycles. The molecule has 0 radical (unpaired) electrons. The average Bonchev–Trinajstić information content (AvgIpc) is 2.31. The largest absolute Gasteiger partial charge is 0.393 e. The Labute approximate surface area is 92.8 Å². The van der Waals surface area contributed by atoms with Crippen LogP contribution in [0.5, 0.6) is 0 Å². The summed E-state index contributed by atoms with van der Waals surface area (Å²) in [5, 5.41) is 13.3. The number of likely N-dealkylation sites (tertiary alicyclic amines) is 1. The fourth-order valence-corrected chi connectivity index (χ4v) is 2.95. The van der Waals surface area contributed by atoms with Gasteiger partial charge >= 0.3 is 0 Å². The maximum Gasteiger partial charge on any atom is 0.0592 e. The van der Waals surface area contributed by atoms with Crippen LogP contribution in [0.3, 0.4) is 0 Å². The zero-order chi connectivity index (χ0) is 10.7. The predicted molar refractivity (Wildman–Crippen MR) is 61.9 cm³/mol. The average molecular weight is 212 g/mol. The van der Waals surface area contributed by atoms with E-state index in [1.807, 2.05) is 0 Å². The van der Waals surface area contributed by atoms with Crippen molar-refractivity contribution >= 4 is 0 Å². The monoisotopic (exact) mass is 212 g/mol. The number of nitrogens with one attached hydrogen (secondary N) is 1. The summed E-state index contributed by atoms with van der Waals surface area (Å²) in [6.45, 7) is 6.74. The number of piperidine rings is 2. The smallest absolute Gasteiger partial charge is 0.0592 e. The maximum absolute atomic E-state index is 9.85. The van der Waals surface area contributed by atoms with E-state index < -0.39 is 0 Å². The van der Waals surface area contributed by atoms with Gasteiger partial charge in [0, 0.05) is 19.1 Å². The summed E-state index contributed by atoms with van der Waals surface area (Å²) in [6.07, 6.45) is 4.61. The van der Waals surface area contributed by atoms with E-state index in [9.17, 15) is 5.11 Å². The number of hydrogen-bond acceptors (Lipinski definition) is 3. The van der Waals surface area contributed by atoms with E-state index in [4.69, 9.17) is 0 Å². The molecular formula is C12H24N2O. The van der Waals surface area contributed by atoms with Crippen molar-refractivity contribution in [2.45, 2.75) is 44.8 Å². The van der Waals surface area contributed by atoms with Gasteiger partial charge in [-0.15, -0.1) is 0 Å². The number of aliphatic hydroxyl groups is 1. The molecule has 0 saturated carbocycles. The van der Waals surface area contributed by atoms with Crippen molar-refractivity contribution in [3.8, 4) is 0 Å². The predicted octanol–water partition coefficient (Wildman–Crippen LogP) is 0.831. The van der Waals surface area contributed by atoms with Crippen molar-refractivity contribution in [3.05, 3.63) is 0 Å². The van der Waals surface area contributed by atoms with Crippen molar-refractivity contribution in [3.63, 3.8) is 0 Å². The Morgan fingerprint density at radius 2 is 2.00 bits per heavy atom. The van der Waals surface area contributed by atoms with E-state index in [0.29, 0.717) is 5.92 Å². The van der Waals surface area contributed by atoms with Gasteiger partial charge in [-0.25, -0.2) is 0 Å². The Morgan fingerprint density at radius 1 is 1.27 bits per heavy atom. The first-order chi connectivity index (χ1) is 7.31. The Morgan fingerprint density at radius 3 is 2.67 bits per heavy atom. The van der Waals surface area contributed by atoms with Crippen LogP contribution in [0.15, 0.2) is 0 Å². The molecule has 2 atom stereocenters. The molecule has 2 saturated heterocycles. The molecule has 3 heteroatoms. The van der Waals surface area contributed by atoms with Gasteiger partial charge in [-0.3, -0.25) is 4.90 Å². The number of hydrogen-bond donors (Lipinski definition) is 2. The minimum absolute atomic E-state index is 0.0482. The second-order valence-electron chi connectivity index (χ2n) is 5.00. The van der Waals surface area contributed by atoms with E-state index in [-0.39, 0.29) is 6.10 Å². The van der Waals surface area contributed by atoms with Gasteiger partial charge in [0.25, 0.3) is 0 Å². The standard InChI is InChI=1S/C12H24N2O/c1-2-10-9-14(8-5-12(10)15)11-3-6-13-7-4-11/h10-13,15H,2-9H2,1H3. The van der Waals surface area contributed by atoms with Gasteiger partial charge in [0.2, 0.25) is 0 Å². The first kappa shape index (κ1) is 11.4. The molecule has 0 amide bonds. The molecule has 2 unspecified atom stereocenters. The summed E-state index contributed by atoms with van der Waals surface area (Å²) >= 11 is 0. The van der Waals surface area contributed by atoms with Crippen LogP contribution < -0.4 is 5.32 Å². The minimum atomic E-state index is -0.0482. The number of aliphatic hydroxyl groups excluding tert-OH is 1. The zero-order valence-electron chi connectivity index (χ0n) is 9.78. The normalized spacial score (nSPS) is 35.6. The van der Waals surface area contributed by atoms with Gasteiger partial charge in [0.1, 0.15) is 0 Å². The van der Waals surface area contributed by atoms with Crippen LogP contribution >= 0.6 is 0 Å². The topological polar surface area (TPSA) is 35.5 Å². The van der Waals surface area contributed by atoms with Crippen molar-refractivity contribution in [2.24, 2.45) is 5.92 Å². The number of nitrogens with zero attached hydrogens (tertiary/aromatic N) is 1. The van der Waals surface area contributed by atoms with Gasteiger partial charge in [-0.1, -0.05) is 6.92 Å². The summed E-state index contributed by atoms with van der Waals surface area (Å²) in [5.74, 6) is 0.508. The lowest BCUT2D eigenvalue weighted by Crippen LogP contribution is -2.50. The molecule has 0 bridgehead atoms. The molecule has 2 N–H and O–H groups in total. The Bertz CT molecular complexity index is 192. The molecule has 15 heavy (non-hydrogen) atoms. The highest BCUT2D eigenvalue weighted by molar-refractivity contribution is 4.85. The van der Waals surface area contributed by atoms with Crippen LogP contribution in [0.25, 0.3) is 0 Å². The maximum atomic E-state index is 9.85. The van der Waals surface area contributed by atoms with E-state index in [2.05, 4.69) is 17.1 Å². The Balaban J connectivity index is 1.87. The van der Waals surface area contributed by atoms with Crippen LogP contribution in [0.4, 0.5) is 0 Å². The van der Waals surface area contributed by atoms with Crippen molar-refractivity contribution in [1.82, 2.24) is 10.2 Å². The molecule has 3 nitrogen and oxygen atoms in total. The molecule has 0 spiro atoms. The quantitative estimate of drug-likeness (QED) is 0.712.